The van der Waals surface area contributed by atoms with E-state index in [0.717, 1.165) is 5.69 Å². The van der Waals surface area contributed by atoms with Crippen LogP contribution in [0.3, 0.4) is 0 Å². The van der Waals surface area contributed by atoms with E-state index < -0.39 is 10.0 Å². The normalized spacial score (nSPS) is 14.9. The first-order valence-corrected chi connectivity index (χ1v) is 13.7. The van der Waals surface area contributed by atoms with Gasteiger partial charge < -0.3 is 9.80 Å². The van der Waals surface area contributed by atoms with Crippen molar-refractivity contribution in [3.05, 3.63) is 88.4 Å². The molecule has 0 N–H and O–H groups in total. The number of benzene rings is 3. The van der Waals surface area contributed by atoms with Crippen LogP contribution in [0.2, 0.25) is 10.0 Å². The number of hydrogen-bond acceptors (Lipinski definition) is 5. The first kappa shape index (κ1) is 25.8. The molecule has 0 spiro atoms. The van der Waals surface area contributed by atoms with Crippen molar-refractivity contribution >= 4 is 44.6 Å². The molecule has 9 heteroatoms. The van der Waals surface area contributed by atoms with Gasteiger partial charge >= 0.3 is 0 Å². The largest absolute Gasteiger partial charge is 0.369 e. The van der Waals surface area contributed by atoms with Crippen LogP contribution in [0.15, 0.2) is 77.7 Å². The zero-order chi connectivity index (χ0) is 25.0. The van der Waals surface area contributed by atoms with E-state index >= 15 is 0 Å². The van der Waals surface area contributed by atoms with Gasteiger partial charge in [0.25, 0.3) is 10.0 Å². The summed E-state index contributed by atoms with van der Waals surface area (Å²) in [6.07, 6.45) is 0.578. The fraction of sp³-hybridized carbons (Fsp3) is 0.308. The summed E-state index contributed by atoms with van der Waals surface area (Å²) in [5, 5.41) is 3.14. The number of halogens is 2. The number of sulfonamides is 1. The van der Waals surface area contributed by atoms with Crippen molar-refractivity contribution in [1.82, 2.24) is 9.91 Å². The highest BCUT2D eigenvalue weighted by molar-refractivity contribution is 7.92. The van der Waals surface area contributed by atoms with Gasteiger partial charge in [0.2, 0.25) is 0 Å². The quantitative estimate of drug-likeness (QED) is 0.407. The second kappa shape index (κ2) is 11.2. The molecular formula is C26H30Cl2N4O2S. The van der Waals surface area contributed by atoms with E-state index in [2.05, 4.69) is 4.90 Å². The maximum Gasteiger partial charge on any atom is 0.278 e. The molecule has 1 aliphatic rings. The first-order valence-electron chi connectivity index (χ1n) is 11.5. The van der Waals surface area contributed by atoms with E-state index in [4.69, 9.17) is 23.2 Å². The van der Waals surface area contributed by atoms with Crippen LogP contribution in [0.1, 0.15) is 5.56 Å². The number of anilines is 2. The smallest absolute Gasteiger partial charge is 0.278 e. The molecule has 0 amide bonds. The molecule has 0 radical (unpaired) electrons. The average Bonchev–Trinajstić information content (AvgIpc) is 2.84. The van der Waals surface area contributed by atoms with E-state index in [1.807, 2.05) is 78.6 Å². The summed E-state index contributed by atoms with van der Waals surface area (Å²) in [7, 11) is 0.0442. The van der Waals surface area contributed by atoms with Gasteiger partial charge in [0, 0.05) is 48.5 Å². The van der Waals surface area contributed by atoms with E-state index in [9.17, 15) is 8.42 Å². The van der Waals surface area contributed by atoms with Gasteiger partial charge in [0.15, 0.2) is 0 Å². The Labute approximate surface area is 218 Å². The summed E-state index contributed by atoms with van der Waals surface area (Å²) < 4.78 is 29.9. The summed E-state index contributed by atoms with van der Waals surface area (Å²) in [5.74, 6) is 0. The predicted octanol–water partition coefficient (Wildman–Crippen LogP) is 5.03. The van der Waals surface area contributed by atoms with Crippen molar-refractivity contribution in [1.29, 1.82) is 0 Å². The standard InChI is InChI=1S/C26H30Cl2N4O2S/c1-29(2)15-14-21-20-23(28)10-13-26(21)35(33,34)32(25-6-4-3-5-7-25)31-18-16-30(17-19-31)24-11-8-22(27)9-12-24/h3-13,20H,14-19H2,1-2H3. The molecular weight excluding hydrogens is 503 g/mol. The molecule has 6 nitrogen and oxygen atoms in total. The van der Waals surface area contributed by atoms with Crippen LogP contribution in [0.4, 0.5) is 11.4 Å². The lowest BCUT2D eigenvalue weighted by Crippen LogP contribution is -2.56. The third-order valence-electron chi connectivity index (χ3n) is 6.04. The highest BCUT2D eigenvalue weighted by Crippen LogP contribution is 2.31. The first-order chi connectivity index (χ1) is 16.8. The summed E-state index contributed by atoms with van der Waals surface area (Å²) in [5.41, 5.74) is 2.40. The van der Waals surface area contributed by atoms with E-state index in [0.29, 0.717) is 60.4 Å². The van der Waals surface area contributed by atoms with Crippen LogP contribution < -0.4 is 9.31 Å². The SMILES string of the molecule is CN(C)CCc1cc(Cl)ccc1S(=O)(=O)N(c1ccccc1)N1CCN(c2ccc(Cl)cc2)CC1. The highest BCUT2D eigenvalue weighted by atomic mass is 35.5. The molecule has 1 fully saturated rings. The van der Waals surface area contributed by atoms with Crippen LogP contribution in [-0.4, -0.2) is 65.1 Å². The molecule has 3 aromatic rings. The number of nitrogens with zero attached hydrogens (tertiary/aromatic N) is 4. The fourth-order valence-electron chi connectivity index (χ4n) is 4.23. The zero-order valence-corrected chi connectivity index (χ0v) is 22.3. The monoisotopic (exact) mass is 532 g/mol. The fourth-order valence-corrected chi connectivity index (χ4v) is 6.34. The Morgan fingerprint density at radius 3 is 2.09 bits per heavy atom. The molecule has 1 aliphatic heterocycles. The Bertz CT molecular complexity index is 1230. The van der Waals surface area contributed by atoms with Gasteiger partial charge in [0.05, 0.1) is 10.6 Å². The van der Waals surface area contributed by atoms with Gasteiger partial charge in [-0.25, -0.2) is 5.01 Å². The van der Waals surface area contributed by atoms with Crippen LogP contribution in [-0.2, 0) is 16.4 Å². The summed E-state index contributed by atoms with van der Waals surface area (Å²) in [4.78, 5) is 4.56. The molecule has 1 heterocycles. The number of para-hydroxylation sites is 1. The number of hydrazine groups is 1. The average molecular weight is 534 g/mol. The molecule has 0 aliphatic carbocycles. The third-order valence-corrected chi connectivity index (χ3v) is 8.38. The predicted molar refractivity (Wildman–Crippen MR) is 145 cm³/mol. The van der Waals surface area contributed by atoms with Crippen molar-refractivity contribution < 1.29 is 8.42 Å². The summed E-state index contributed by atoms with van der Waals surface area (Å²) >= 11 is 12.3. The summed E-state index contributed by atoms with van der Waals surface area (Å²) in [6.45, 7) is 3.20. The molecule has 0 saturated carbocycles. The number of hydrogen-bond donors (Lipinski definition) is 0. The van der Waals surface area contributed by atoms with E-state index in [1.54, 1.807) is 18.2 Å². The third kappa shape index (κ3) is 6.11. The Balaban J connectivity index is 1.66. The van der Waals surface area contributed by atoms with Crippen molar-refractivity contribution in [2.45, 2.75) is 11.3 Å². The van der Waals surface area contributed by atoms with E-state index in [-0.39, 0.29) is 4.90 Å². The molecule has 35 heavy (non-hydrogen) atoms. The van der Waals surface area contributed by atoms with E-state index in [1.165, 1.54) is 4.41 Å². The molecule has 0 unspecified atom stereocenters. The van der Waals surface area contributed by atoms with Crippen molar-refractivity contribution in [3.63, 3.8) is 0 Å². The number of piperazine rings is 1. The molecule has 0 atom stereocenters. The number of rotatable bonds is 8. The lowest BCUT2D eigenvalue weighted by Gasteiger charge is -2.42. The van der Waals surface area contributed by atoms with Gasteiger partial charge in [0.1, 0.15) is 0 Å². The Morgan fingerprint density at radius 2 is 1.46 bits per heavy atom. The molecule has 186 valence electrons. The molecule has 0 bridgehead atoms. The Morgan fingerprint density at radius 1 is 0.829 bits per heavy atom. The van der Waals surface area contributed by atoms with Crippen molar-refractivity contribution in [2.75, 3.05) is 56.1 Å². The van der Waals surface area contributed by atoms with Crippen molar-refractivity contribution in [2.24, 2.45) is 0 Å². The molecule has 4 rings (SSSR count). The molecule has 3 aromatic carbocycles. The second-order valence-corrected chi connectivity index (χ2v) is 11.4. The van der Waals surface area contributed by atoms with Gasteiger partial charge in [-0.05, 0) is 80.7 Å². The maximum atomic E-state index is 14.2. The summed E-state index contributed by atoms with van der Waals surface area (Å²) in [6, 6.07) is 22.0. The lowest BCUT2D eigenvalue weighted by atomic mass is 10.1. The van der Waals surface area contributed by atoms with Gasteiger partial charge in [-0.3, -0.25) is 0 Å². The Kier molecular flexibility index (Phi) is 8.24. The Hall–Kier alpha value is -2.29. The maximum absolute atomic E-state index is 14.2. The minimum atomic E-state index is -3.89. The second-order valence-electron chi connectivity index (χ2n) is 8.81. The highest BCUT2D eigenvalue weighted by Gasteiger charge is 2.34. The topological polar surface area (TPSA) is 47.1 Å². The van der Waals surface area contributed by atoms with Crippen LogP contribution in [0.25, 0.3) is 0 Å². The molecule has 1 saturated heterocycles. The van der Waals surface area contributed by atoms with Crippen LogP contribution >= 0.6 is 23.2 Å². The van der Waals surface area contributed by atoms with Crippen molar-refractivity contribution in [3.8, 4) is 0 Å². The zero-order valence-electron chi connectivity index (χ0n) is 19.9. The lowest BCUT2D eigenvalue weighted by molar-refractivity contribution is 0.271. The number of likely N-dealkylation sites (N-methyl/N-ethyl adjacent to an activating group) is 1. The van der Waals surface area contributed by atoms with Crippen LogP contribution in [0, 0.1) is 0 Å². The van der Waals surface area contributed by atoms with Gasteiger partial charge in [-0.2, -0.15) is 12.8 Å². The van der Waals surface area contributed by atoms with Crippen LogP contribution in [0.5, 0.6) is 0 Å². The molecule has 0 aromatic heterocycles. The minimum Gasteiger partial charge on any atom is -0.369 e. The minimum absolute atomic E-state index is 0.285. The van der Waals surface area contributed by atoms with Gasteiger partial charge in [-0.15, -0.1) is 0 Å². The van der Waals surface area contributed by atoms with Gasteiger partial charge in [-0.1, -0.05) is 41.4 Å².